The highest BCUT2D eigenvalue weighted by molar-refractivity contribution is 6.04. The van der Waals surface area contributed by atoms with Crippen molar-refractivity contribution in [1.82, 2.24) is 15.1 Å². The fourth-order valence-electron chi connectivity index (χ4n) is 2.72. The largest absolute Gasteiger partial charge is 0.355 e. The van der Waals surface area contributed by atoms with Gasteiger partial charge in [-0.15, -0.1) is 0 Å². The third-order valence-corrected chi connectivity index (χ3v) is 4.47. The molecule has 2 rings (SSSR count). The predicted octanol–water partition coefficient (Wildman–Crippen LogP) is 0.811. The van der Waals surface area contributed by atoms with E-state index in [1.54, 1.807) is 35.8 Å². The highest BCUT2D eigenvalue weighted by atomic mass is 19.1. The van der Waals surface area contributed by atoms with Crippen molar-refractivity contribution < 1.29 is 18.8 Å². The van der Waals surface area contributed by atoms with Crippen LogP contribution >= 0.6 is 0 Å². The van der Waals surface area contributed by atoms with Crippen LogP contribution < -0.4 is 5.32 Å². The maximum Gasteiger partial charge on any atom is 0.237 e. The molecule has 0 unspecified atom stereocenters. The first-order valence-corrected chi connectivity index (χ1v) is 8.36. The summed E-state index contributed by atoms with van der Waals surface area (Å²) in [6.07, 6.45) is 1.34. The molecule has 0 radical (unpaired) electrons. The van der Waals surface area contributed by atoms with E-state index in [1.807, 2.05) is 0 Å². The monoisotopic (exact) mass is 349 g/mol. The minimum absolute atomic E-state index is 0.239. The Kier molecular flexibility index (Phi) is 6.12. The average molecular weight is 349 g/mol. The van der Waals surface area contributed by atoms with Crippen LogP contribution in [0.3, 0.4) is 0 Å². The molecule has 136 valence electrons. The molecule has 0 saturated carbocycles. The van der Waals surface area contributed by atoms with Gasteiger partial charge in [0.1, 0.15) is 11.2 Å². The minimum Gasteiger partial charge on any atom is -0.355 e. The van der Waals surface area contributed by atoms with Crippen molar-refractivity contribution in [3.63, 3.8) is 0 Å². The van der Waals surface area contributed by atoms with Gasteiger partial charge < -0.3 is 15.1 Å². The predicted molar refractivity (Wildman–Crippen MR) is 91.1 cm³/mol. The first kappa shape index (κ1) is 18.9. The van der Waals surface area contributed by atoms with Gasteiger partial charge in [0.05, 0.1) is 0 Å². The average Bonchev–Trinajstić information content (AvgIpc) is 2.62. The normalized spacial score (nSPS) is 15.0. The number of nitrogens with one attached hydrogen (secondary N) is 1. The van der Waals surface area contributed by atoms with E-state index in [2.05, 4.69) is 5.32 Å². The summed E-state index contributed by atoms with van der Waals surface area (Å²) in [5.41, 5.74) is -0.262. The summed E-state index contributed by atoms with van der Waals surface area (Å²) in [6.45, 7) is 5.42. The zero-order valence-corrected chi connectivity index (χ0v) is 14.6. The molecule has 6 nitrogen and oxygen atoms in total. The second-order valence-corrected chi connectivity index (χ2v) is 6.69. The maximum atomic E-state index is 12.9. The van der Waals surface area contributed by atoms with E-state index < -0.39 is 5.41 Å². The zero-order chi connectivity index (χ0) is 18.4. The number of halogens is 1. The first-order chi connectivity index (χ1) is 11.8. The molecule has 1 saturated heterocycles. The van der Waals surface area contributed by atoms with Crippen molar-refractivity contribution in [3.8, 4) is 0 Å². The fourth-order valence-corrected chi connectivity index (χ4v) is 2.72. The quantitative estimate of drug-likeness (QED) is 0.610. The summed E-state index contributed by atoms with van der Waals surface area (Å²) in [7, 11) is 0. The Morgan fingerprint density at radius 2 is 1.76 bits per heavy atom. The lowest BCUT2D eigenvalue weighted by atomic mass is 9.90. The Balaban J connectivity index is 1.85. The topological polar surface area (TPSA) is 69.7 Å². The highest BCUT2D eigenvalue weighted by Gasteiger charge is 2.39. The Bertz CT molecular complexity index is 623. The van der Waals surface area contributed by atoms with Crippen LogP contribution in [0.4, 0.5) is 4.39 Å². The summed E-state index contributed by atoms with van der Waals surface area (Å²) < 4.78 is 12.9. The number of rotatable bonds is 6. The Hall–Kier alpha value is -2.44. The smallest absolute Gasteiger partial charge is 0.237 e. The molecule has 1 aliphatic heterocycles. The second kappa shape index (κ2) is 8.09. The molecular formula is C18H24FN3O3. The first-order valence-electron chi connectivity index (χ1n) is 8.36. The van der Waals surface area contributed by atoms with Crippen LogP contribution in [0.15, 0.2) is 24.3 Å². The Labute approximate surface area is 147 Å². The van der Waals surface area contributed by atoms with Gasteiger partial charge in [0.2, 0.25) is 18.2 Å². The van der Waals surface area contributed by atoms with Crippen LogP contribution in [0, 0.1) is 11.2 Å². The van der Waals surface area contributed by atoms with Crippen LogP contribution in [-0.2, 0) is 20.8 Å². The van der Waals surface area contributed by atoms with E-state index in [9.17, 15) is 18.8 Å². The summed E-state index contributed by atoms with van der Waals surface area (Å²) >= 11 is 0. The van der Waals surface area contributed by atoms with Crippen molar-refractivity contribution in [3.05, 3.63) is 35.6 Å². The molecule has 1 fully saturated rings. The van der Waals surface area contributed by atoms with Crippen LogP contribution in [0.2, 0.25) is 0 Å². The number of carbonyl (C=O) groups is 3. The molecule has 1 heterocycles. The molecule has 0 bridgehead atoms. The summed E-state index contributed by atoms with van der Waals surface area (Å²) in [6, 6.07) is 6.10. The van der Waals surface area contributed by atoms with Gasteiger partial charge in [-0.2, -0.15) is 0 Å². The molecular weight excluding hydrogens is 325 g/mol. The SMILES string of the molecule is CC(C)(C(=O)NCCc1ccc(F)cc1)C(=O)N1CCN(C=O)CC1. The number of nitrogens with zero attached hydrogens (tertiary/aromatic N) is 2. The van der Waals surface area contributed by atoms with Gasteiger partial charge in [0.15, 0.2) is 0 Å². The summed E-state index contributed by atoms with van der Waals surface area (Å²) in [5, 5.41) is 2.78. The van der Waals surface area contributed by atoms with E-state index in [0.717, 1.165) is 12.0 Å². The van der Waals surface area contributed by atoms with Gasteiger partial charge in [-0.25, -0.2) is 4.39 Å². The maximum absolute atomic E-state index is 12.9. The van der Waals surface area contributed by atoms with Gasteiger partial charge in [-0.1, -0.05) is 12.1 Å². The van der Waals surface area contributed by atoms with E-state index in [1.165, 1.54) is 12.1 Å². The van der Waals surface area contributed by atoms with Gasteiger partial charge >= 0.3 is 0 Å². The third-order valence-electron chi connectivity index (χ3n) is 4.47. The van der Waals surface area contributed by atoms with Crippen molar-refractivity contribution in [1.29, 1.82) is 0 Å². The van der Waals surface area contributed by atoms with Gasteiger partial charge in [-0.3, -0.25) is 14.4 Å². The van der Waals surface area contributed by atoms with Crippen LogP contribution in [0.25, 0.3) is 0 Å². The van der Waals surface area contributed by atoms with Crippen LogP contribution in [0.1, 0.15) is 19.4 Å². The lowest BCUT2D eigenvalue weighted by Crippen LogP contribution is -2.55. The molecule has 1 aromatic carbocycles. The number of carbonyl (C=O) groups excluding carboxylic acids is 3. The molecule has 0 aromatic heterocycles. The molecule has 1 N–H and O–H groups in total. The lowest BCUT2D eigenvalue weighted by Gasteiger charge is -2.36. The Morgan fingerprint density at radius 1 is 1.16 bits per heavy atom. The molecule has 0 aliphatic carbocycles. The van der Waals surface area contributed by atoms with Gasteiger partial charge in [-0.05, 0) is 38.0 Å². The summed E-state index contributed by atoms with van der Waals surface area (Å²) in [4.78, 5) is 39.0. The number of hydrogen-bond acceptors (Lipinski definition) is 3. The van der Waals surface area contributed by atoms with E-state index in [0.29, 0.717) is 39.1 Å². The number of piperazine rings is 1. The van der Waals surface area contributed by atoms with E-state index >= 15 is 0 Å². The van der Waals surface area contributed by atoms with E-state index in [-0.39, 0.29) is 17.6 Å². The third kappa shape index (κ3) is 4.78. The fraction of sp³-hybridized carbons (Fsp3) is 0.500. The van der Waals surface area contributed by atoms with Gasteiger partial charge in [0, 0.05) is 32.7 Å². The van der Waals surface area contributed by atoms with Gasteiger partial charge in [0.25, 0.3) is 0 Å². The second-order valence-electron chi connectivity index (χ2n) is 6.69. The lowest BCUT2D eigenvalue weighted by molar-refractivity contribution is -0.150. The van der Waals surface area contributed by atoms with Crippen LogP contribution in [-0.4, -0.2) is 60.7 Å². The molecule has 1 aliphatic rings. The van der Waals surface area contributed by atoms with Crippen molar-refractivity contribution in [2.75, 3.05) is 32.7 Å². The summed E-state index contributed by atoms with van der Waals surface area (Å²) in [5.74, 6) is -0.871. The number of amides is 3. The zero-order valence-electron chi connectivity index (χ0n) is 14.6. The number of benzene rings is 1. The van der Waals surface area contributed by atoms with E-state index in [4.69, 9.17) is 0 Å². The molecule has 1 aromatic rings. The van der Waals surface area contributed by atoms with Crippen LogP contribution in [0.5, 0.6) is 0 Å². The Morgan fingerprint density at radius 3 is 2.32 bits per heavy atom. The number of hydrogen-bond donors (Lipinski definition) is 1. The standard InChI is InChI=1S/C18H24FN3O3/c1-18(2,17(25)22-11-9-21(13-23)10-12-22)16(24)20-8-7-14-3-5-15(19)6-4-14/h3-6,13H,7-12H2,1-2H3,(H,20,24). The molecule has 25 heavy (non-hydrogen) atoms. The van der Waals surface area contributed by atoms with Crippen molar-refractivity contribution in [2.45, 2.75) is 20.3 Å². The molecule has 0 atom stereocenters. The minimum atomic E-state index is -1.17. The van der Waals surface area contributed by atoms with Crippen molar-refractivity contribution >= 4 is 18.2 Å². The molecule has 7 heteroatoms. The van der Waals surface area contributed by atoms with Crippen molar-refractivity contribution in [2.24, 2.45) is 5.41 Å². The highest BCUT2D eigenvalue weighted by Crippen LogP contribution is 2.20. The molecule has 3 amide bonds. The molecule has 0 spiro atoms.